The molecule has 0 atom stereocenters. The summed E-state index contributed by atoms with van der Waals surface area (Å²) in [5, 5.41) is 9.96. The number of β-amino-alcohol motifs (C(OH)–C–C–N with tert-alkyl or cyclic N) is 1. The van der Waals surface area contributed by atoms with Gasteiger partial charge in [-0.3, -0.25) is 0 Å². The van der Waals surface area contributed by atoms with Crippen LogP contribution in [0.2, 0.25) is 0 Å². The van der Waals surface area contributed by atoms with Gasteiger partial charge in [0.15, 0.2) is 0 Å². The summed E-state index contributed by atoms with van der Waals surface area (Å²) < 4.78 is 26.4. The molecule has 1 heterocycles. The molecule has 2 rings (SSSR count). The quantitative estimate of drug-likeness (QED) is 0.812. The van der Waals surface area contributed by atoms with Crippen LogP contribution in [-0.4, -0.2) is 36.5 Å². The Balaban J connectivity index is 2.40. The molecule has 5 nitrogen and oxygen atoms in total. The number of hydrogen-bond acceptors (Lipinski definition) is 4. The predicted octanol–water partition coefficient (Wildman–Crippen LogP) is 1.03. The van der Waals surface area contributed by atoms with E-state index in [1.807, 2.05) is 19.9 Å². The van der Waals surface area contributed by atoms with E-state index in [0.29, 0.717) is 12.0 Å². The summed E-state index contributed by atoms with van der Waals surface area (Å²) in [4.78, 5) is 0.172. The van der Waals surface area contributed by atoms with Gasteiger partial charge in [-0.05, 0) is 37.5 Å². The van der Waals surface area contributed by atoms with E-state index in [-0.39, 0.29) is 23.7 Å². The zero-order valence-corrected chi connectivity index (χ0v) is 12.3. The van der Waals surface area contributed by atoms with Gasteiger partial charge in [-0.25, -0.2) is 8.42 Å². The lowest BCUT2D eigenvalue weighted by Gasteiger charge is -2.45. The lowest BCUT2D eigenvalue weighted by Crippen LogP contribution is -2.63. The van der Waals surface area contributed by atoms with Gasteiger partial charge in [0.25, 0.3) is 0 Å². The van der Waals surface area contributed by atoms with Crippen LogP contribution in [0.25, 0.3) is 0 Å². The Bertz CT molecular complexity index is 605. The third-order valence-electron chi connectivity index (χ3n) is 3.90. The third-order valence-corrected chi connectivity index (χ3v) is 5.90. The maximum Gasteiger partial charge on any atom is 0.245 e. The van der Waals surface area contributed by atoms with Crippen LogP contribution >= 0.6 is 0 Å². The fourth-order valence-corrected chi connectivity index (χ4v) is 4.28. The second-order valence-electron chi connectivity index (χ2n) is 5.28. The zero-order chi connectivity index (χ0) is 14.4. The summed E-state index contributed by atoms with van der Waals surface area (Å²) in [5.74, 6) is 0. The SMILES string of the molecule is CCC1(O)CN(S(=O)(=O)c2c(N)ccc(C)c2C)C1. The standard InChI is InChI=1S/C13H20N2O3S/c1-4-13(16)7-15(8-13)19(17,18)12-10(3)9(2)5-6-11(12)14/h5-6,16H,4,7-8,14H2,1-3H3. The zero-order valence-electron chi connectivity index (χ0n) is 11.5. The number of rotatable bonds is 3. The second kappa shape index (κ2) is 4.47. The predicted molar refractivity (Wildman–Crippen MR) is 74.3 cm³/mol. The Kier molecular flexibility index (Phi) is 3.36. The van der Waals surface area contributed by atoms with E-state index in [2.05, 4.69) is 0 Å². The van der Waals surface area contributed by atoms with Gasteiger partial charge in [-0.1, -0.05) is 13.0 Å². The lowest BCUT2D eigenvalue weighted by molar-refractivity contribution is -0.0613. The maximum atomic E-state index is 12.5. The molecular formula is C13H20N2O3S. The number of nitrogen functional groups attached to an aromatic ring is 1. The molecule has 0 amide bonds. The van der Waals surface area contributed by atoms with Crippen LogP contribution in [0.5, 0.6) is 0 Å². The molecule has 1 saturated heterocycles. The number of nitrogens with two attached hydrogens (primary N) is 1. The summed E-state index contributed by atoms with van der Waals surface area (Å²) in [6.07, 6.45) is 0.543. The van der Waals surface area contributed by atoms with Gasteiger partial charge in [0, 0.05) is 13.1 Å². The Morgan fingerprint density at radius 2 is 1.95 bits per heavy atom. The van der Waals surface area contributed by atoms with E-state index in [1.54, 1.807) is 13.0 Å². The van der Waals surface area contributed by atoms with Crippen LogP contribution in [0.1, 0.15) is 24.5 Å². The fraction of sp³-hybridized carbons (Fsp3) is 0.538. The average Bonchev–Trinajstić information content (AvgIpc) is 2.30. The highest BCUT2D eigenvalue weighted by atomic mass is 32.2. The van der Waals surface area contributed by atoms with Crippen molar-refractivity contribution in [2.75, 3.05) is 18.8 Å². The van der Waals surface area contributed by atoms with Gasteiger partial charge >= 0.3 is 0 Å². The molecule has 0 aliphatic carbocycles. The molecule has 1 aliphatic heterocycles. The van der Waals surface area contributed by atoms with Crippen LogP contribution in [0.15, 0.2) is 17.0 Å². The summed E-state index contributed by atoms with van der Waals surface area (Å²) in [6, 6.07) is 3.42. The van der Waals surface area contributed by atoms with Crippen molar-refractivity contribution in [3.63, 3.8) is 0 Å². The summed E-state index contributed by atoms with van der Waals surface area (Å²) in [5.41, 5.74) is 6.76. The second-order valence-corrected chi connectivity index (χ2v) is 7.15. The Morgan fingerprint density at radius 3 is 2.47 bits per heavy atom. The maximum absolute atomic E-state index is 12.5. The lowest BCUT2D eigenvalue weighted by atomic mass is 9.94. The molecule has 106 valence electrons. The molecule has 0 unspecified atom stereocenters. The third kappa shape index (κ3) is 2.24. The van der Waals surface area contributed by atoms with E-state index in [9.17, 15) is 13.5 Å². The smallest absolute Gasteiger partial charge is 0.245 e. The first-order chi connectivity index (χ1) is 8.71. The number of benzene rings is 1. The van der Waals surface area contributed by atoms with Gasteiger partial charge in [-0.2, -0.15) is 4.31 Å². The van der Waals surface area contributed by atoms with Crippen molar-refractivity contribution in [2.24, 2.45) is 0 Å². The topological polar surface area (TPSA) is 83.6 Å². The number of aliphatic hydroxyl groups is 1. The van der Waals surface area contributed by atoms with E-state index >= 15 is 0 Å². The highest BCUT2D eigenvalue weighted by molar-refractivity contribution is 7.89. The van der Waals surface area contributed by atoms with Crippen molar-refractivity contribution < 1.29 is 13.5 Å². The molecule has 0 spiro atoms. The number of nitrogens with zero attached hydrogens (tertiary/aromatic N) is 1. The normalized spacial score (nSPS) is 19.2. The first kappa shape index (κ1) is 14.3. The van der Waals surface area contributed by atoms with Gasteiger partial charge in [0.1, 0.15) is 4.90 Å². The van der Waals surface area contributed by atoms with Gasteiger partial charge in [-0.15, -0.1) is 0 Å². The largest absolute Gasteiger partial charge is 0.398 e. The molecule has 0 saturated carbocycles. The van der Waals surface area contributed by atoms with Crippen molar-refractivity contribution in [3.8, 4) is 0 Å². The minimum Gasteiger partial charge on any atom is -0.398 e. The van der Waals surface area contributed by atoms with Gasteiger partial charge in [0.05, 0.1) is 11.3 Å². The van der Waals surface area contributed by atoms with Crippen LogP contribution in [0.4, 0.5) is 5.69 Å². The number of anilines is 1. The first-order valence-electron chi connectivity index (χ1n) is 6.29. The van der Waals surface area contributed by atoms with Crippen LogP contribution < -0.4 is 5.73 Å². The van der Waals surface area contributed by atoms with Gasteiger partial charge < -0.3 is 10.8 Å². The van der Waals surface area contributed by atoms with Crippen molar-refractivity contribution in [3.05, 3.63) is 23.3 Å². The van der Waals surface area contributed by atoms with Crippen LogP contribution in [0.3, 0.4) is 0 Å². The van der Waals surface area contributed by atoms with Crippen LogP contribution in [0, 0.1) is 13.8 Å². The van der Waals surface area contributed by atoms with Gasteiger partial charge in [0.2, 0.25) is 10.0 Å². The van der Waals surface area contributed by atoms with Crippen molar-refractivity contribution in [1.82, 2.24) is 4.31 Å². The molecule has 19 heavy (non-hydrogen) atoms. The molecule has 0 radical (unpaired) electrons. The molecular weight excluding hydrogens is 264 g/mol. The summed E-state index contributed by atoms with van der Waals surface area (Å²) in [7, 11) is -3.62. The summed E-state index contributed by atoms with van der Waals surface area (Å²) in [6.45, 7) is 5.73. The minimum atomic E-state index is -3.62. The monoisotopic (exact) mass is 284 g/mol. The average molecular weight is 284 g/mol. The van der Waals surface area contributed by atoms with E-state index in [0.717, 1.165) is 5.56 Å². The fourth-order valence-electron chi connectivity index (χ4n) is 2.29. The molecule has 0 aromatic heterocycles. The van der Waals surface area contributed by atoms with E-state index < -0.39 is 15.6 Å². The Labute approximate surface area is 114 Å². The van der Waals surface area contributed by atoms with E-state index in [1.165, 1.54) is 4.31 Å². The molecule has 3 N–H and O–H groups in total. The molecule has 6 heteroatoms. The van der Waals surface area contributed by atoms with Crippen molar-refractivity contribution >= 4 is 15.7 Å². The van der Waals surface area contributed by atoms with Crippen molar-refractivity contribution in [1.29, 1.82) is 0 Å². The highest BCUT2D eigenvalue weighted by Gasteiger charge is 2.46. The number of hydrogen-bond donors (Lipinski definition) is 2. The molecule has 1 fully saturated rings. The van der Waals surface area contributed by atoms with E-state index in [4.69, 9.17) is 5.73 Å². The minimum absolute atomic E-state index is 0.138. The molecule has 1 aliphatic rings. The number of sulfonamides is 1. The van der Waals surface area contributed by atoms with Crippen LogP contribution in [-0.2, 0) is 10.0 Å². The molecule has 1 aromatic carbocycles. The summed E-state index contributed by atoms with van der Waals surface area (Å²) >= 11 is 0. The first-order valence-corrected chi connectivity index (χ1v) is 7.73. The molecule has 1 aromatic rings. The molecule has 0 bridgehead atoms. The Morgan fingerprint density at radius 1 is 1.37 bits per heavy atom. The highest BCUT2D eigenvalue weighted by Crippen LogP contribution is 2.34. The van der Waals surface area contributed by atoms with Crippen molar-refractivity contribution in [2.45, 2.75) is 37.7 Å². The number of aryl methyl sites for hydroxylation is 1. The Hall–Kier alpha value is -1.11.